The van der Waals surface area contributed by atoms with Crippen molar-refractivity contribution in [3.63, 3.8) is 0 Å². The molecule has 3 atom stereocenters. The van der Waals surface area contributed by atoms with Gasteiger partial charge < -0.3 is 14.2 Å². The molecule has 3 aromatic carbocycles. The van der Waals surface area contributed by atoms with Crippen molar-refractivity contribution < 1.29 is 36.6 Å². The monoisotopic (exact) mass is 499 g/mol. The fraction of sp³-hybridized carbons (Fsp3) is 0.259. The maximum absolute atomic E-state index is 14.3. The van der Waals surface area contributed by atoms with Crippen molar-refractivity contribution in [1.29, 1.82) is 5.26 Å². The second kappa shape index (κ2) is 9.53. The molecule has 0 heterocycles. The Morgan fingerprint density at radius 2 is 1.67 bits per heavy atom. The summed E-state index contributed by atoms with van der Waals surface area (Å²) < 4.78 is 66.5. The number of hydrogen-bond donors (Lipinski definition) is 0. The molecule has 4 rings (SSSR count). The van der Waals surface area contributed by atoms with Crippen LogP contribution in [0.15, 0.2) is 72.8 Å². The number of ether oxygens (including phenoxy) is 3. The van der Waals surface area contributed by atoms with E-state index in [0.717, 1.165) is 6.07 Å². The van der Waals surface area contributed by atoms with Crippen molar-refractivity contribution in [2.75, 3.05) is 0 Å². The molecular formula is C27H21F4NO4. The van der Waals surface area contributed by atoms with Crippen LogP contribution in [-0.2, 0) is 9.53 Å². The standard InChI is InChI=1S/C27H21F4NO4/c1-26(2)23(16-8-11-19(12-9-16)36-27(29,30)31)24(26)25(33)35-22(15-32)17-10-13-20(28)21(14-17)34-18-6-4-3-5-7-18/h3-14,22-24H,1-2H3. The van der Waals surface area contributed by atoms with Crippen LogP contribution in [0.2, 0.25) is 0 Å². The Kier molecular flexibility index (Phi) is 6.63. The Morgan fingerprint density at radius 3 is 2.28 bits per heavy atom. The highest BCUT2D eigenvalue weighted by atomic mass is 19.4. The fourth-order valence-corrected chi connectivity index (χ4v) is 4.31. The van der Waals surface area contributed by atoms with Crippen LogP contribution >= 0.6 is 0 Å². The highest BCUT2D eigenvalue weighted by Crippen LogP contribution is 2.65. The minimum Gasteiger partial charge on any atom is -0.454 e. The van der Waals surface area contributed by atoms with E-state index in [1.54, 1.807) is 30.3 Å². The third kappa shape index (κ3) is 5.43. The van der Waals surface area contributed by atoms with Crippen LogP contribution in [0.3, 0.4) is 0 Å². The van der Waals surface area contributed by atoms with Gasteiger partial charge in [-0.05, 0) is 47.4 Å². The number of hydrogen-bond acceptors (Lipinski definition) is 5. The molecule has 0 amide bonds. The molecule has 0 saturated heterocycles. The van der Waals surface area contributed by atoms with Gasteiger partial charge in [0, 0.05) is 11.5 Å². The van der Waals surface area contributed by atoms with Crippen LogP contribution in [-0.4, -0.2) is 12.3 Å². The Hall–Kier alpha value is -4.06. The first-order chi connectivity index (χ1) is 17.0. The van der Waals surface area contributed by atoms with Crippen LogP contribution in [0.5, 0.6) is 17.2 Å². The van der Waals surface area contributed by atoms with Gasteiger partial charge in [-0.1, -0.05) is 50.2 Å². The quantitative estimate of drug-likeness (QED) is 0.257. The molecule has 1 saturated carbocycles. The molecule has 3 unspecified atom stereocenters. The molecule has 0 spiro atoms. The third-order valence-corrected chi connectivity index (χ3v) is 6.13. The summed E-state index contributed by atoms with van der Waals surface area (Å²) in [5.41, 5.74) is 0.334. The largest absolute Gasteiger partial charge is 0.573 e. The predicted molar refractivity (Wildman–Crippen MR) is 120 cm³/mol. The van der Waals surface area contributed by atoms with Gasteiger partial charge in [0.25, 0.3) is 0 Å². The molecule has 3 aromatic rings. The van der Waals surface area contributed by atoms with E-state index in [2.05, 4.69) is 4.74 Å². The summed E-state index contributed by atoms with van der Waals surface area (Å²) in [4.78, 5) is 13.0. The molecule has 186 valence electrons. The molecule has 1 fully saturated rings. The molecule has 5 nitrogen and oxygen atoms in total. The van der Waals surface area contributed by atoms with E-state index in [1.165, 1.54) is 36.4 Å². The van der Waals surface area contributed by atoms with E-state index in [4.69, 9.17) is 9.47 Å². The van der Waals surface area contributed by atoms with E-state index in [-0.39, 0.29) is 23.0 Å². The lowest BCUT2D eigenvalue weighted by molar-refractivity contribution is -0.274. The number of halogens is 4. The summed E-state index contributed by atoms with van der Waals surface area (Å²) in [6.07, 6.45) is -6.11. The Labute approximate surface area is 204 Å². The number of alkyl halides is 3. The molecule has 0 N–H and O–H groups in total. The molecular weight excluding hydrogens is 478 g/mol. The normalized spacial score (nSPS) is 19.0. The van der Waals surface area contributed by atoms with Gasteiger partial charge >= 0.3 is 12.3 Å². The minimum atomic E-state index is -4.80. The van der Waals surface area contributed by atoms with Gasteiger partial charge in [-0.15, -0.1) is 13.2 Å². The van der Waals surface area contributed by atoms with Gasteiger partial charge in [-0.3, -0.25) is 4.79 Å². The summed E-state index contributed by atoms with van der Waals surface area (Å²) in [5.74, 6) is -2.32. The molecule has 36 heavy (non-hydrogen) atoms. The predicted octanol–water partition coefficient (Wildman–Crippen LogP) is 7.06. The smallest absolute Gasteiger partial charge is 0.454 e. The number of esters is 1. The first-order valence-corrected chi connectivity index (χ1v) is 11.0. The Morgan fingerprint density at radius 1 is 1.00 bits per heavy atom. The molecule has 0 bridgehead atoms. The van der Waals surface area contributed by atoms with Crippen LogP contribution in [0.4, 0.5) is 17.6 Å². The van der Waals surface area contributed by atoms with Gasteiger partial charge in [-0.2, -0.15) is 5.26 Å². The van der Waals surface area contributed by atoms with Crippen molar-refractivity contribution >= 4 is 5.97 Å². The van der Waals surface area contributed by atoms with E-state index >= 15 is 0 Å². The van der Waals surface area contributed by atoms with Crippen LogP contribution in [0.1, 0.15) is 37.0 Å². The van der Waals surface area contributed by atoms with E-state index < -0.39 is 35.6 Å². The molecule has 0 aliphatic heterocycles. The average Bonchev–Trinajstić information content (AvgIpc) is 3.41. The SMILES string of the molecule is CC1(C)C(C(=O)OC(C#N)c2ccc(F)c(Oc3ccccc3)c2)C1c1ccc(OC(F)(F)F)cc1. The number of para-hydroxylation sites is 1. The Bertz CT molecular complexity index is 1280. The number of carbonyl (C=O) groups is 1. The topological polar surface area (TPSA) is 68.6 Å². The molecule has 1 aliphatic rings. The van der Waals surface area contributed by atoms with E-state index in [9.17, 15) is 27.6 Å². The zero-order valence-electron chi connectivity index (χ0n) is 19.3. The highest BCUT2D eigenvalue weighted by molar-refractivity contribution is 5.80. The van der Waals surface area contributed by atoms with E-state index in [1.807, 2.05) is 19.9 Å². The lowest BCUT2D eigenvalue weighted by atomic mass is 10.0. The van der Waals surface area contributed by atoms with Gasteiger partial charge in [0.05, 0.1) is 5.92 Å². The Balaban J connectivity index is 1.47. The zero-order chi connectivity index (χ0) is 26.1. The van der Waals surface area contributed by atoms with Crippen molar-refractivity contribution in [3.8, 4) is 23.3 Å². The second-order valence-corrected chi connectivity index (χ2v) is 8.94. The lowest BCUT2D eigenvalue weighted by Gasteiger charge is -2.14. The van der Waals surface area contributed by atoms with Crippen LogP contribution in [0, 0.1) is 28.5 Å². The molecule has 0 aromatic heterocycles. The maximum atomic E-state index is 14.3. The number of rotatable bonds is 7. The summed E-state index contributed by atoms with van der Waals surface area (Å²) >= 11 is 0. The van der Waals surface area contributed by atoms with Gasteiger partial charge in [0.2, 0.25) is 6.10 Å². The van der Waals surface area contributed by atoms with Gasteiger partial charge in [0.15, 0.2) is 11.6 Å². The summed E-state index contributed by atoms with van der Waals surface area (Å²) in [6.45, 7) is 3.66. The molecule has 0 radical (unpaired) electrons. The number of carbonyl (C=O) groups excluding carboxylic acids is 1. The minimum absolute atomic E-state index is 0.124. The van der Waals surface area contributed by atoms with Gasteiger partial charge in [-0.25, -0.2) is 4.39 Å². The van der Waals surface area contributed by atoms with Crippen molar-refractivity contribution in [1.82, 2.24) is 0 Å². The van der Waals surface area contributed by atoms with Gasteiger partial charge in [0.1, 0.15) is 17.6 Å². The van der Waals surface area contributed by atoms with Crippen molar-refractivity contribution in [2.24, 2.45) is 11.3 Å². The first-order valence-electron chi connectivity index (χ1n) is 11.0. The zero-order valence-corrected chi connectivity index (χ0v) is 19.3. The summed E-state index contributed by atoms with van der Waals surface area (Å²) in [6, 6.07) is 19.5. The number of nitriles is 1. The summed E-state index contributed by atoms with van der Waals surface area (Å²) in [5, 5.41) is 9.65. The second-order valence-electron chi connectivity index (χ2n) is 8.94. The van der Waals surface area contributed by atoms with E-state index in [0.29, 0.717) is 11.3 Å². The number of benzene rings is 3. The van der Waals surface area contributed by atoms with Crippen LogP contribution < -0.4 is 9.47 Å². The van der Waals surface area contributed by atoms with Crippen molar-refractivity contribution in [2.45, 2.75) is 32.2 Å². The number of nitrogens with zero attached hydrogens (tertiary/aromatic N) is 1. The summed E-state index contributed by atoms with van der Waals surface area (Å²) in [7, 11) is 0. The van der Waals surface area contributed by atoms with Crippen molar-refractivity contribution in [3.05, 3.63) is 89.7 Å². The first kappa shape index (κ1) is 25.0. The van der Waals surface area contributed by atoms with Crippen LogP contribution in [0.25, 0.3) is 0 Å². The lowest BCUT2D eigenvalue weighted by Crippen LogP contribution is -2.17. The molecule has 1 aliphatic carbocycles. The third-order valence-electron chi connectivity index (χ3n) is 6.13. The molecule has 9 heteroatoms. The highest BCUT2D eigenvalue weighted by Gasteiger charge is 2.63. The average molecular weight is 499 g/mol. The maximum Gasteiger partial charge on any atom is 0.573 e. The fourth-order valence-electron chi connectivity index (χ4n) is 4.31.